The second-order valence-electron chi connectivity index (χ2n) is 15.9. The Balaban J connectivity index is 3.72. The molecule has 5 atom stereocenters. The Morgan fingerprint density at radius 1 is 0.471 bits per heavy atom. The van der Waals surface area contributed by atoms with Gasteiger partial charge >= 0.3 is 17.9 Å². The molecule has 1 rings (SSSR count). The molecule has 390 valence electrons. The van der Waals surface area contributed by atoms with Gasteiger partial charge in [-0.2, -0.15) is 0 Å². The van der Waals surface area contributed by atoms with Gasteiger partial charge in [-0.1, -0.05) is 16.7 Å². The molecule has 0 radical (unpaired) electrons. The molecule has 1 aliphatic heterocycles. The van der Waals surface area contributed by atoms with E-state index in [1.165, 1.54) is 20.8 Å². The van der Waals surface area contributed by atoms with Gasteiger partial charge in [0.2, 0.25) is 35.4 Å². The van der Waals surface area contributed by atoms with Crippen molar-refractivity contribution in [2.24, 2.45) is 0 Å². The molecule has 14 N–H and O–H groups in total. The number of carbonyl (C=O) groups is 12. The normalized spacial score (nSPS) is 20.2. The van der Waals surface area contributed by atoms with Crippen LogP contribution in [0.2, 0.25) is 0 Å². The van der Waals surface area contributed by atoms with Crippen molar-refractivity contribution >= 4 is 71.1 Å². The summed E-state index contributed by atoms with van der Waals surface area (Å²) in [4.78, 5) is 152. The van der Waals surface area contributed by atoms with Crippen molar-refractivity contribution < 1.29 is 98.7 Å². The second-order valence-corrected chi connectivity index (χ2v) is 15.9. The monoisotopic (exact) mass is 999 g/mol. The third-order valence-corrected chi connectivity index (χ3v) is 9.72. The van der Waals surface area contributed by atoms with Crippen LogP contribution >= 0.6 is 0 Å². The number of hydrogen-bond donors (Lipinski definition) is 14. The zero-order chi connectivity index (χ0) is 53.2. The summed E-state index contributed by atoms with van der Waals surface area (Å²) in [5.74, 6) is -13.8. The van der Waals surface area contributed by atoms with Gasteiger partial charge in [-0.15, -0.1) is 0 Å². The fourth-order valence-electron chi connectivity index (χ4n) is 6.21. The standard InChI is InChI=1S/C41H61N9O20/c1-22(16-34(57)58)13-31(54)48(68)10-4-7-25-38(64)44-26(8-5-11-49(69)32(55)14-23(2)17-35(59)60)39(65)45-27(9-6-12-50(70)33(56)15-24(3)18-36(61)62)40(66)47-29(21-52)41(67)46-28(20-51)37(63)42-19-30(53)43-25/h13-15,25-29,51-52,68-70H,4-12,16-21H2,1-3H3,(H,42,63)(H,43,53)(H,44,64)(H,45,65)(H,46,67)(H,47,66)(H,57,58)(H,59,60)(H,61,62)/b22-13+,23-14+,24-15+/t25-,26-,27-,28-,29-/m0/s1. The van der Waals surface area contributed by atoms with E-state index in [-0.39, 0.29) is 51.2 Å². The van der Waals surface area contributed by atoms with E-state index in [9.17, 15) is 83.4 Å². The van der Waals surface area contributed by atoms with E-state index in [2.05, 4.69) is 31.9 Å². The number of carboxylic acid groups (broad SMARTS) is 3. The van der Waals surface area contributed by atoms with Crippen LogP contribution in [0.25, 0.3) is 0 Å². The van der Waals surface area contributed by atoms with E-state index in [0.29, 0.717) is 0 Å². The lowest BCUT2D eigenvalue weighted by molar-refractivity contribution is -0.160. The fourth-order valence-corrected chi connectivity index (χ4v) is 6.21. The van der Waals surface area contributed by atoms with Gasteiger partial charge in [0.15, 0.2) is 0 Å². The number of carbonyl (C=O) groups excluding carboxylic acids is 9. The van der Waals surface area contributed by atoms with Gasteiger partial charge in [-0.25, -0.2) is 15.2 Å². The molecule has 0 aliphatic carbocycles. The smallest absolute Gasteiger partial charge is 0.307 e. The number of aliphatic hydroxyl groups is 2. The SMILES string of the molecule is C/C(=C\C(=O)N(O)CCC[C@@H]1NC(=O)CNC(=O)[C@H](CO)NC(=O)[C@H](CO)NC(=O)[C@H](CCCN(O)C(=O)/C=C(\C)CC(=O)O)NC(=O)[C@H](CCCN(O)C(=O)/C=C(\C)CC(=O)O)NC1=O)CC(=O)O. The maximum Gasteiger partial charge on any atom is 0.307 e. The Labute approximate surface area is 399 Å². The van der Waals surface area contributed by atoms with E-state index in [1.807, 2.05) is 0 Å². The van der Waals surface area contributed by atoms with Crippen LogP contribution in [0, 0.1) is 0 Å². The molecule has 1 saturated heterocycles. The predicted molar refractivity (Wildman–Crippen MR) is 233 cm³/mol. The molecule has 9 amide bonds. The Bertz CT molecular complexity index is 2040. The van der Waals surface area contributed by atoms with Gasteiger partial charge in [0.05, 0.1) is 39.0 Å². The molecule has 0 aromatic carbocycles. The number of hydrogen-bond acceptors (Lipinski definition) is 17. The lowest BCUT2D eigenvalue weighted by Crippen LogP contribution is -2.61. The quantitative estimate of drug-likeness (QED) is 0.0262. The maximum atomic E-state index is 14.1. The van der Waals surface area contributed by atoms with Crippen molar-refractivity contribution in [1.82, 2.24) is 47.1 Å². The number of aliphatic carboxylic acids is 3. The molecule has 0 saturated carbocycles. The lowest BCUT2D eigenvalue weighted by Gasteiger charge is -2.28. The maximum absolute atomic E-state index is 14.1. The molecule has 0 spiro atoms. The van der Waals surface area contributed by atoms with Gasteiger partial charge in [0.1, 0.15) is 30.2 Å². The third kappa shape index (κ3) is 23.6. The number of rotatable bonds is 23. The molecular formula is C41H61N9O20. The van der Waals surface area contributed by atoms with Crippen LogP contribution in [0.1, 0.15) is 78.6 Å². The summed E-state index contributed by atoms with van der Waals surface area (Å²) in [6.07, 6.45) is -1.29. The first-order chi connectivity index (χ1) is 32.8. The minimum atomic E-state index is -1.86. The summed E-state index contributed by atoms with van der Waals surface area (Å²) in [6, 6.07) is -8.76. The Morgan fingerprint density at radius 2 is 0.743 bits per heavy atom. The summed E-state index contributed by atoms with van der Waals surface area (Å²) in [6.45, 7) is -0.721. The van der Waals surface area contributed by atoms with E-state index < -0.39 is 179 Å². The van der Waals surface area contributed by atoms with Gasteiger partial charge in [-0.3, -0.25) is 73.2 Å². The first-order valence-electron chi connectivity index (χ1n) is 21.5. The van der Waals surface area contributed by atoms with Gasteiger partial charge in [-0.05, 0) is 59.3 Å². The molecule has 29 heteroatoms. The van der Waals surface area contributed by atoms with Gasteiger partial charge in [0, 0.05) is 37.9 Å². The first kappa shape index (κ1) is 60.7. The average molecular weight is 1000 g/mol. The minimum Gasteiger partial charge on any atom is -0.481 e. The van der Waals surface area contributed by atoms with E-state index in [4.69, 9.17) is 15.3 Å². The number of amides is 9. The van der Waals surface area contributed by atoms with Crippen molar-refractivity contribution in [2.45, 2.75) is 109 Å². The zero-order valence-electron chi connectivity index (χ0n) is 38.5. The summed E-state index contributed by atoms with van der Waals surface area (Å²) in [5, 5.41) is 91.9. The van der Waals surface area contributed by atoms with Crippen LogP contribution < -0.4 is 31.9 Å². The average Bonchev–Trinajstić information content (AvgIpc) is 3.26. The van der Waals surface area contributed by atoms with Crippen molar-refractivity contribution in [1.29, 1.82) is 0 Å². The minimum absolute atomic E-state index is 0.0649. The number of carboxylic acids is 3. The first-order valence-corrected chi connectivity index (χ1v) is 21.5. The highest BCUT2D eigenvalue weighted by atomic mass is 16.5. The van der Waals surface area contributed by atoms with Crippen LogP contribution in [0.3, 0.4) is 0 Å². The topological polar surface area (TPSA) is 449 Å². The van der Waals surface area contributed by atoms with Crippen LogP contribution in [-0.2, 0) is 57.5 Å². The highest BCUT2D eigenvalue weighted by molar-refractivity contribution is 5.98. The Kier molecular flexibility index (Phi) is 26.8. The Hall–Kier alpha value is -7.34. The zero-order valence-corrected chi connectivity index (χ0v) is 38.5. The third-order valence-electron chi connectivity index (χ3n) is 9.72. The molecule has 0 unspecified atom stereocenters. The van der Waals surface area contributed by atoms with E-state index >= 15 is 0 Å². The Morgan fingerprint density at radius 3 is 1.04 bits per heavy atom. The van der Waals surface area contributed by atoms with Crippen LogP contribution in [0.15, 0.2) is 34.9 Å². The highest BCUT2D eigenvalue weighted by Crippen LogP contribution is 2.10. The molecule has 70 heavy (non-hydrogen) atoms. The molecule has 29 nitrogen and oxygen atoms in total. The van der Waals surface area contributed by atoms with E-state index in [1.54, 1.807) is 0 Å². The van der Waals surface area contributed by atoms with Crippen LogP contribution in [0.4, 0.5) is 0 Å². The summed E-state index contributed by atoms with van der Waals surface area (Å²) < 4.78 is 0. The summed E-state index contributed by atoms with van der Waals surface area (Å²) >= 11 is 0. The fraction of sp³-hybridized carbons (Fsp3) is 0.561. The summed E-state index contributed by atoms with van der Waals surface area (Å²) in [7, 11) is 0. The number of aliphatic hydroxyl groups excluding tert-OH is 2. The highest BCUT2D eigenvalue weighted by Gasteiger charge is 2.33. The van der Waals surface area contributed by atoms with Crippen molar-refractivity contribution in [3.63, 3.8) is 0 Å². The van der Waals surface area contributed by atoms with Crippen LogP contribution in [-0.4, -0.2) is 197 Å². The number of nitrogens with zero attached hydrogens (tertiary/aromatic N) is 3. The number of nitrogens with one attached hydrogen (secondary N) is 6. The molecule has 1 heterocycles. The summed E-state index contributed by atoms with van der Waals surface area (Å²) in [5.41, 5.74) is 0.211. The lowest BCUT2D eigenvalue weighted by atomic mass is 10.0. The van der Waals surface area contributed by atoms with Crippen molar-refractivity contribution in [3.8, 4) is 0 Å². The molecule has 0 bridgehead atoms. The molecule has 0 aromatic rings. The molecule has 0 aromatic heterocycles. The largest absolute Gasteiger partial charge is 0.481 e. The van der Waals surface area contributed by atoms with Gasteiger partial charge < -0.3 is 57.4 Å². The molecule has 1 aliphatic rings. The van der Waals surface area contributed by atoms with Gasteiger partial charge in [0.25, 0.3) is 17.7 Å². The molecule has 1 fully saturated rings. The number of hydroxylamine groups is 6. The van der Waals surface area contributed by atoms with Crippen molar-refractivity contribution in [3.05, 3.63) is 34.9 Å². The second kappa shape index (κ2) is 30.9. The van der Waals surface area contributed by atoms with Crippen molar-refractivity contribution in [2.75, 3.05) is 39.4 Å². The van der Waals surface area contributed by atoms with Crippen LogP contribution in [0.5, 0.6) is 0 Å². The molecular weight excluding hydrogens is 938 g/mol. The van der Waals surface area contributed by atoms with E-state index in [0.717, 1.165) is 18.2 Å². The predicted octanol–water partition coefficient (Wildman–Crippen LogP) is -4.22.